The van der Waals surface area contributed by atoms with Crippen LogP contribution in [-0.4, -0.2) is 62.7 Å². The van der Waals surface area contributed by atoms with E-state index in [1.807, 2.05) is 4.57 Å². The van der Waals surface area contributed by atoms with Crippen LogP contribution in [0.4, 0.5) is 8.78 Å². The van der Waals surface area contributed by atoms with E-state index in [1.54, 1.807) is 35.2 Å². The topological polar surface area (TPSA) is 122 Å². The Labute approximate surface area is 265 Å². The van der Waals surface area contributed by atoms with Crippen molar-refractivity contribution in [1.82, 2.24) is 24.4 Å². The van der Waals surface area contributed by atoms with Crippen molar-refractivity contribution in [2.75, 3.05) is 20.3 Å². The van der Waals surface area contributed by atoms with E-state index in [0.717, 1.165) is 18.1 Å². The summed E-state index contributed by atoms with van der Waals surface area (Å²) in [6.07, 6.45) is 3.72. The van der Waals surface area contributed by atoms with Gasteiger partial charge in [0.05, 0.1) is 54.1 Å². The van der Waals surface area contributed by atoms with Crippen molar-refractivity contribution in [3.05, 3.63) is 88.3 Å². The molecule has 11 nitrogen and oxygen atoms in total. The van der Waals surface area contributed by atoms with Gasteiger partial charge < -0.3 is 28.1 Å². The number of nitrogens with zero attached hydrogens (tertiary/aromatic N) is 5. The van der Waals surface area contributed by atoms with Gasteiger partial charge in [0.1, 0.15) is 18.0 Å². The number of aromatic nitrogens is 4. The molecule has 0 unspecified atom stereocenters. The summed E-state index contributed by atoms with van der Waals surface area (Å²) in [4.78, 5) is 40.2. The van der Waals surface area contributed by atoms with Gasteiger partial charge in [0.25, 0.3) is 11.9 Å². The van der Waals surface area contributed by atoms with Gasteiger partial charge in [-0.15, -0.1) is 0 Å². The molecular weight excluding hydrogens is 624 g/mol. The lowest BCUT2D eigenvalue weighted by Crippen LogP contribution is -2.36. The minimum atomic E-state index is -0.805. The van der Waals surface area contributed by atoms with Gasteiger partial charge in [-0.05, 0) is 37.1 Å². The molecule has 2 aromatic carbocycles. The molecule has 0 radical (unpaired) electrons. The molecule has 5 aromatic rings. The number of imidazole rings is 1. The third-order valence-electron chi connectivity index (χ3n) is 8.07. The van der Waals surface area contributed by atoms with Gasteiger partial charge >= 0.3 is 5.97 Å². The summed E-state index contributed by atoms with van der Waals surface area (Å²) < 4.78 is 51.6. The number of amides is 1. The van der Waals surface area contributed by atoms with Gasteiger partial charge in [0.2, 0.25) is 11.7 Å². The van der Waals surface area contributed by atoms with Crippen LogP contribution in [0.1, 0.15) is 40.4 Å². The number of benzene rings is 2. The van der Waals surface area contributed by atoms with Crippen LogP contribution in [0.15, 0.2) is 53.1 Å². The quantitative estimate of drug-likeness (QED) is 0.191. The van der Waals surface area contributed by atoms with E-state index >= 15 is 0 Å². The number of carbonyl (C=O) groups is 2. The van der Waals surface area contributed by atoms with Crippen LogP contribution in [0, 0.1) is 11.8 Å². The summed E-state index contributed by atoms with van der Waals surface area (Å²) in [6, 6.07) is 8.67. The molecule has 0 bridgehead atoms. The Morgan fingerprint density at radius 1 is 1.17 bits per heavy atom. The third-order valence-corrected chi connectivity index (χ3v) is 8.40. The molecule has 1 fully saturated rings. The van der Waals surface area contributed by atoms with Crippen molar-refractivity contribution >= 4 is 51.1 Å². The molecule has 0 saturated carbocycles. The van der Waals surface area contributed by atoms with Crippen molar-refractivity contribution < 1.29 is 37.0 Å². The number of rotatable bonds is 9. The molecule has 236 valence electrons. The Morgan fingerprint density at radius 3 is 2.78 bits per heavy atom. The number of hydrogen-bond acceptors (Lipinski definition) is 9. The Hall–Kier alpha value is -4.88. The van der Waals surface area contributed by atoms with Crippen LogP contribution < -0.4 is 4.74 Å². The third kappa shape index (κ3) is 5.67. The maximum Gasteiger partial charge on any atom is 0.337 e. The van der Waals surface area contributed by atoms with Crippen LogP contribution in [0.3, 0.4) is 0 Å². The zero-order valence-corrected chi connectivity index (χ0v) is 25.2. The van der Waals surface area contributed by atoms with E-state index in [1.165, 1.54) is 19.3 Å². The first-order valence-corrected chi connectivity index (χ1v) is 14.9. The number of ether oxygens (including phenoxy) is 3. The molecule has 5 heterocycles. The molecule has 0 aliphatic carbocycles. The maximum atomic E-state index is 14.6. The van der Waals surface area contributed by atoms with E-state index in [4.69, 9.17) is 35.2 Å². The standard InChI is InChI=1S/C32H26ClF2N5O6/c1-43-32(42)18-3-5-24-25(10-18)40(14-20-7-9-44-20)27(37-24)15-39-8-6-17(11-28(39)41)30-36-13-23(34)31(38-30)45-16-19-2-4-22(33)21-12-26(35)46-29(19)21/h2-5,10-13,20H,6-9,14-16H2,1H3/t20-/m0/s1. The average Bonchev–Trinajstić information content (AvgIpc) is 3.59. The summed E-state index contributed by atoms with van der Waals surface area (Å²) in [7, 11) is 1.33. The molecule has 3 aromatic heterocycles. The molecular formula is C32H26ClF2N5O6. The first kappa shape index (κ1) is 29.8. The molecule has 7 rings (SSSR count). The van der Waals surface area contributed by atoms with Crippen LogP contribution in [-0.2, 0) is 34.0 Å². The summed E-state index contributed by atoms with van der Waals surface area (Å²) in [5.74, 6) is -1.05. The number of halogens is 3. The Bertz CT molecular complexity index is 2040. The second-order valence-electron chi connectivity index (χ2n) is 10.9. The summed E-state index contributed by atoms with van der Waals surface area (Å²) in [5, 5.41) is 0.680. The number of furan rings is 1. The predicted octanol–water partition coefficient (Wildman–Crippen LogP) is 5.47. The fourth-order valence-corrected chi connectivity index (χ4v) is 5.74. The fraction of sp³-hybridized carbons (Fsp3) is 0.281. The van der Waals surface area contributed by atoms with Gasteiger partial charge in [-0.1, -0.05) is 17.7 Å². The molecule has 2 aliphatic heterocycles. The highest BCUT2D eigenvalue weighted by Crippen LogP contribution is 2.31. The lowest BCUT2D eigenvalue weighted by molar-refractivity contribution is -0.127. The predicted molar refractivity (Wildman–Crippen MR) is 161 cm³/mol. The van der Waals surface area contributed by atoms with E-state index < -0.39 is 17.8 Å². The van der Waals surface area contributed by atoms with E-state index in [-0.39, 0.29) is 42.5 Å². The summed E-state index contributed by atoms with van der Waals surface area (Å²) in [6.45, 7) is 1.60. The number of methoxy groups -OCH3 is 1. The maximum absolute atomic E-state index is 14.6. The number of hydrogen-bond donors (Lipinski definition) is 0. The second kappa shape index (κ2) is 12.1. The first-order chi connectivity index (χ1) is 22.3. The molecule has 2 aliphatic rings. The molecule has 1 atom stereocenters. The Kier molecular flexibility index (Phi) is 7.87. The molecule has 14 heteroatoms. The zero-order valence-electron chi connectivity index (χ0n) is 24.5. The first-order valence-electron chi connectivity index (χ1n) is 14.5. The van der Waals surface area contributed by atoms with Crippen molar-refractivity contribution in [1.29, 1.82) is 0 Å². The Morgan fingerprint density at radius 2 is 2.02 bits per heavy atom. The van der Waals surface area contributed by atoms with Crippen molar-refractivity contribution in [3.8, 4) is 5.88 Å². The summed E-state index contributed by atoms with van der Waals surface area (Å²) >= 11 is 6.12. The molecule has 0 spiro atoms. The lowest BCUT2D eigenvalue weighted by atomic mass is 10.1. The summed E-state index contributed by atoms with van der Waals surface area (Å²) in [5.41, 5.74) is 2.99. The van der Waals surface area contributed by atoms with Gasteiger partial charge in [-0.25, -0.2) is 14.8 Å². The van der Waals surface area contributed by atoms with Gasteiger partial charge in [0, 0.05) is 41.8 Å². The smallest absolute Gasteiger partial charge is 0.337 e. The number of fused-ring (bicyclic) bond motifs is 2. The van der Waals surface area contributed by atoms with Crippen LogP contribution in [0.25, 0.3) is 27.6 Å². The normalized spacial score (nSPS) is 16.5. The van der Waals surface area contributed by atoms with E-state index in [0.29, 0.717) is 64.6 Å². The van der Waals surface area contributed by atoms with Gasteiger partial charge in [-0.2, -0.15) is 13.8 Å². The minimum absolute atomic E-state index is 0.0134. The SMILES string of the molecule is COC(=O)c1ccc2nc(CN3CCC(c4ncc(F)c(OCc5ccc(Cl)c6cc(F)oc56)n4)=CC3=O)n(C[C@@H]3CCO3)c2c1. The monoisotopic (exact) mass is 649 g/mol. The molecule has 1 saturated heterocycles. The fourth-order valence-electron chi connectivity index (χ4n) is 5.54. The highest BCUT2D eigenvalue weighted by molar-refractivity contribution is 6.35. The Balaban J connectivity index is 1.10. The molecule has 46 heavy (non-hydrogen) atoms. The molecule has 1 amide bonds. The van der Waals surface area contributed by atoms with Gasteiger partial charge in [0.15, 0.2) is 5.82 Å². The van der Waals surface area contributed by atoms with Crippen molar-refractivity contribution in [2.24, 2.45) is 0 Å². The number of esters is 1. The van der Waals surface area contributed by atoms with Crippen LogP contribution in [0.2, 0.25) is 5.02 Å². The molecule has 0 N–H and O–H groups in total. The van der Waals surface area contributed by atoms with Crippen LogP contribution in [0.5, 0.6) is 5.88 Å². The highest BCUT2D eigenvalue weighted by Gasteiger charge is 2.27. The lowest BCUT2D eigenvalue weighted by Gasteiger charge is -2.29. The zero-order chi connectivity index (χ0) is 31.9. The second-order valence-corrected chi connectivity index (χ2v) is 11.3. The van der Waals surface area contributed by atoms with Crippen molar-refractivity contribution in [2.45, 2.75) is 38.6 Å². The van der Waals surface area contributed by atoms with Gasteiger partial charge in [-0.3, -0.25) is 4.79 Å². The average molecular weight is 650 g/mol. The van der Waals surface area contributed by atoms with Crippen molar-refractivity contribution in [3.63, 3.8) is 0 Å². The van der Waals surface area contributed by atoms with E-state index in [9.17, 15) is 18.4 Å². The largest absolute Gasteiger partial charge is 0.470 e. The number of carbonyl (C=O) groups excluding carboxylic acids is 2. The minimum Gasteiger partial charge on any atom is -0.470 e. The van der Waals surface area contributed by atoms with E-state index in [2.05, 4.69) is 9.97 Å². The van der Waals surface area contributed by atoms with Crippen LogP contribution >= 0.6 is 11.6 Å². The highest BCUT2D eigenvalue weighted by atomic mass is 35.5.